The standard InChI is InChI=1S/C12H20IN3S/c1-4-5-9-11(13)12(14)16-10(15-9)7-17-6-8(2)3/h8H,4-7H2,1-3H3,(H2,14,15,16). The monoisotopic (exact) mass is 365 g/mol. The smallest absolute Gasteiger partial charge is 0.140 e. The summed E-state index contributed by atoms with van der Waals surface area (Å²) in [6.07, 6.45) is 2.07. The van der Waals surface area contributed by atoms with E-state index in [4.69, 9.17) is 5.73 Å². The zero-order valence-corrected chi connectivity index (χ0v) is 13.6. The summed E-state index contributed by atoms with van der Waals surface area (Å²) in [6, 6.07) is 0. The van der Waals surface area contributed by atoms with E-state index >= 15 is 0 Å². The Balaban J connectivity index is 2.72. The average Bonchev–Trinajstić information content (AvgIpc) is 2.25. The van der Waals surface area contributed by atoms with Crippen molar-refractivity contribution in [1.29, 1.82) is 0 Å². The number of thioether (sulfide) groups is 1. The molecule has 0 aromatic carbocycles. The molecule has 0 fully saturated rings. The lowest BCUT2D eigenvalue weighted by Crippen LogP contribution is -2.07. The molecule has 1 heterocycles. The van der Waals surface area contributed by atoms with Gasteiger partial charge in [0.25, 0.3) is 0 Å². The van der Waals surface area contributed by atoms with Gasteiger partial charge in [0.1, 0.15) is 11.6 Å². The summed E-state index contributed by atoms with van der Waals surface area (Å²) in [7, 11) is 0. The van der Waals surface area contributed by atoms with E-state index in [-0.39, 0.29) is 0 Å². The topological polar surface area (TPSA) is 51.8 Å². The molecule has 0 bridgehead atoms. The molecular weight excluding hydrogens is 345 g/mol. The van der Waals surface area contributed by atoms with Crippen molar-refractivity contribution < 1.29 is 0 Å². The Bertz CT molecular complexity index is 369. The first-order valence-corrected chi connectivity index (χ1v) is 8.16. The maximum Gasteiger partial charge on any atom is 0.140 e. The van der Waals surface area contributed by atoms with E-state index in [0.717, 1.165) is 39.4 Å². The summed E-state index contributed by atoms with van der Waals surface area (Å²) in [5, 5.41) is 0. The van der Waals surface area contributed by atoms with Gasteiger partial charge in [-0.2, -0.15) is 11.8 Å². The third-order valence-electron chi connectivity index (χ3n) is 2.16. The molecular formula is C12H20IN3S. The molecule has 0 aliphatic rings. The highest BCUT2D eigenvalue weighted by atomic mass is 127. The van der Waals surface area contributed by atoms with E-state index in [2.05, 4.69) is 53.3 Å². The maximum atomic E-state index is 5.92. The fraction of sp³-hybridized carbons (Fsp3) is 0.667. The van der Waals surface area contributed by atoms with Gasteiger partial charge in [0, 0.05) is 0 Å². The number of halogens is 1. The Hall–Kier alpha value is -0.0400. The summed E-state index contributed by atoms with van der Waals surface area (Å²) < 4.78 is 1.02. The van der Waals surface area contributed by atoms with Gasteiger partial charge >= 0.3 is 0 Å². The number of nitrogens with zero attached hydrogens (tertiary/aromatic N) is 2. The maximum absolute atomic E-state index is 5.92. The molecule has 3 nitrogen and oxygen atoms in total. The lowest BCUT2D eigenvalue weighted by molar-refractivity contribution is 0.749. The van der Waals surface area contributed by atoms with Crippen LogP contribution in [0.15, 0.2) is 0 Å². The summed E-state index contributed by atoms with van der Waals surface area (Å²) in [5.41, 5.74) is 7.01. The van der Waals surface area contributed by atoms with E-state index in [9.17, 15) is 0 Å². The number of aryl methyl sites for hydroxylation is 1. The first-order valence-electron chi connectivity index (χ1n) is 5.93. The van der Waals surface area contributed by atoms with Gasteiger partial charge in [-0.3, -0.25) is 0 Å². The van der Waals surface area contributed by atoms with Crippen LogP contribution in [0.5, 0.6) is 0 Å². The van der Waals surface area contributed by atoms with Crippen LogP contribution in [0.4, 0.5) is 5.82 Å². The molecule has 1 aromatic heterocycles. The number of anilines is 1. The summed E-state index contributed by atoms with van der Waals surface area (Å²) in [5.74, 6) is 4.20. The van der Waals surface area contributed by atoms with Crippen LogP contribution in [0.25, 0.3) is 0 Å². The number of nitrogen functional groups attached to an aromatic ring is 1. The van der Waals surface area contributed by atoms with Crippen LogP contribution in [0.2, 0.25) is 0 Å². The number of nitrogens with two attached hydrogens (primary N) is 1. The minimum atomic E-state index is 0.629. The second-order valence-corrected chi connectivity index (χ2v) is 6.55. The summed E-state index contributed by atoms with van der Waals surface area (Å²) >= 11 is 4.11. The molecule has 0 atom stereocenters. The number of aromatic nitrogens is 2. The van der Waals surface area contributed by atoms with Crippen molar-refractivity contribution in [2.24, 2.45) is 5.92 Å². The van der Waals surface area contributed by atoms with E-state index < -0.39 is 0 Å². The van der Waals surface area contributed by atoms with Crippen molar-refractivity contribution in [2.75, 3.05) is 11.5 Å². The SMILES string of the molecule is CCCc1nc(CSCC(C)C)nc(N)c1I. The van der Waals surface area contributed by atoms with Gasteiger partial charge in [-0.1, -0.05) is 27.2 Å². The minimum absolute atomic E-state index is 0.629. The van der Waals surface area contributed by atoms with Crippen molar-refractivity contribution in [3.63, 3.8) is 0 Å². The first kappa shape index (κ1) is 15.0. The zero-order chi connectivity index (χ0) is 12.8. The highest BCUT2D eigenvalue weighted by Crippen LogP contribution is 2.20. The van der Waals surface area contributed by atoms with Crippen LogP contribution >= 0.6 is 34.4 Å². The van der Waals surface area contributed by atoms with E-state index in [0.29, 0.717) is 11.7 Å². The molecule has 1 rings (SSSR count). The van der Waals surface area contributed by atoms with Crippen LogP contribution in [0.1, 0.15) is 38.7 Å². The van der Waals surface area contributed by atoms with Gasteiger partial charge in [-0.15, -0.1) is 0 Å². The third-order valence-corrected chi connectivity index (χ3v) is 4.70. The highest BCUT2D eigenvalue weighted by molar-refractivity contribution is 14.1. The van der Waals surface area contributed by atoms with E-state index in [1.165, 1.54) is 0 Å². The molecule has 0 saturated heterocycles. The van der Waals surface area contributed by atoms with Crippen LogP contribution in [0.3, 0.4) is 0 Å². The highest BCUT2D eigenvalue weighted by Gasteiger charge is 2.09. The van der Waals surface area contributed by atoms with Gasteiger partial charge in [0.2, 0.25) is 0 Å². The van der Waals surface area contributed by atoms with Crippen molar-refractivity contribution in [3.8, 4) is 0 Å². The van der Waals surface area contributed by atoms with Crippen molar-refractivity contribution in [3.05, 3.63) is 15.1 Å². The Kier molecular flexibility index (Phi) is 6.54. The van der Waals surface area contributed by atoms with Gasteiger partial charge < -0.3 is 5.73 Å². The van der Waals surface area contributed by atoms with E-state index in [1.54, 1.807) is 0 Å². The summed E-state index contributed by atoms with van der Waals surface area (Å²) in [4.78, 5) is 8.95. The van der Waals surface area contributed by atoms with E-state index in [1.807, 2.05) is 11.8 Å². The van der Waals surface area contributed by atoms with Gasteiger partial charge in [-0.05, 0) is 40.7 Å². The van der Waals surface area contributed by atoms with Crippen LogP contribution in [-0.4, -0.2) is 15.7 Å². The Morgan fingerprint density at radius 3 is 2.65 bits per heavy atom. The van der Waals surface area contributed by atoms with Gasteiger partial charge in [0.05, 0.1) is 15.0 Å². The third kappa shape index (κ3) is 4.99. The molecule has 96 valence electrons. The molecule has 0 amide bonds. The van der Waals surface area contributed by atoms with Crippen LogP contribution in [-0.2, 0) is 12.2 Å². The largest absolute Gasteiger partial charge is 0.383 e. The second kappa shape index (κ2) is 7.41. The Morgan fingerprint density at radius 1 is 1.35 bits per heavy atom. The lowest BCUT2D eigenvalue weighted by Gasteiger charge is -2.09. The molecule has 0 saturated carbocycles. The average molecular weight is 365 g/mol. The number of hydrogen-bond donors (Lipinski definition) is 1. The lowest BCUT2D eigenvalue weighted by atomic mass is 10.2. The molecule has 0 radical (unpaired) electrons. The zero-order valence-electron chi connectivity index (χ0n) is 10.7. The molecule has 5 heteroatoms. The van der Waals surface area contributed by atoms with Crippen LogP contribution < -0.4 is 5.73 Å². The van der Waals surface area contributed by atoms with Crippen molar-refractivity contribution in [1.82, 2.24) is 9.97 Å². The van der Waals surface area contributed by atoms with Gasteiger partial charge in [-0.25, -0.2) is 9.97 Å². The predicted octanol–water partition coefficient (Wildman–Crippen LogP) is 3.51. The fourth-order valence-corrected chi connectivity index (χ4v) is 2.83. The summed E-state index contributed by atoms with van der Waals surface area (Å²) in [6.45, 7) is 6.60. The molecule has 2 N–H and O–H groups in total. The molecule has 1 aromatic rings. The molecule has 17 heavy (non-hydrogen) atoms. The van der Waals surface area contributed by atoms with Crippen LogP contribution in [0, 0.1) is 9.49 Å². The van der Waals surface area contributed by atoms with Gasteiger partial charge in [0.15, 0.2) is 0 Å². The van der Waals surface area contributed by atoms with Crippen molar-refractivity contribution in [2.45, 2.75) is 39.4 Å². The number of rotatable bonds is 6. The quantitative estimate of drug-likeness (QED) is 0.784. The fourth-order valence-electron chi connectivity index (χ4n) is 1.42. The predicted molar refractivity (Wildman–Crippen MR) is 84.2 cm³/mol. The normalized spacial score (nSPS) is 11.1. The number of hydrogen-bond acceptors (Lipinski definition) is 4. The Morgan fingerprint density at radius 2 is 2.06 bits per heavy atom. The van der Waals surface area contributed by atoms with Crippen molar-refractivity contribution >= 4 is 40.2 Å². The molecule has 0 aliphatic carbocycles. The molecule has 0 spiro atoms. The Labute approximate surface area is 122 Å². The first-order chi connectivity index (χ1) is 8.04. The molecule has 0 unspecified atom stereocenters. The molecule has 0 aliphatic heterocycles. The second-order valence-electron chi connectivity index (χ2n) is 4.44. The minimum Gasteiger partial charge on any atom is -0.383 e.